The molecule has 3 N–H and O–H groups in total. The Hall–Kier alpha value is -1.98. The lowest BCUT2D eigenvalue weighted by Crippen LogP contribution is -2.31. The van der Waals surface area contributed by atoms with Crippen LogP contribution in [0.25, 0.3) is 0 Å². The summed E-state index contributed by atoms with van der Waals surface area (Å²) in [5.74, 6) is -1.67. The molecule has 0 saturated heterocycles. The van der Waals surface area contributed by atoms with Gasteiger partial charge in [0, 0.05) is 0 Å². The second-order valence-electron chi connectivity index (χ2n) is 4.36. The summed E-state index contributed by atoms with van der Waals surface area (Å²) in [6, 6.07) is 12.6. The van der Waals surface area contributed by atoms with Crippen LogP contribution in [0.3, 0.4) is 0 Å². The number of nitrogens with one attached hydrogen (secondary N) is 1. The summed E-state index contributed by atoms with van der Waals surface area (Å²) < 4.78 is 13.0. The van der Waals surface area contributed by atoms with E-state index in [-0.39, 0.29) is 10.0 Å². The molecule has 0 fully saturated rings. The number of rotatable bonds is 4. The average molecular weight is 323 g/mol. The van der Waals surface area contributed by atoms with Gasteiger partial charge in [0.2, 0.25) is 5.91 Å². The van der Waals surface area contributed by atoms with E-state index in [1.165, 1.54) is 12.1 Å². The number of carbonyl (C=O) groups is 1. The molecular formula is C15H12ClFN2OS. The largest absolute Gasteiger partial charge is 0.392 e. The molecular weight excluding hydrogens is 311 g/mol. The minimum atomic E-state index is -0.776. The number of halogens is 2. The van der Waals surface area contributed by atoms with Crippen molar-refractivity contribution in [3.8, 4) is 0 Å². The Kier molecular flexibility index (Phi) is 4.88. The van der Waals surface area contributed by atoms with E-state index in [1.54, 1.807) is 24.3 Å². The molecule has 0 heterocycles. The summed E-state index contributed by atoms with van der Waals surface area (Å²) >= 11 is 10.9. The van der Waals surface area contributed by atoms with Crippen molar-refractivity contribution in [1.82, 2.24) is 0 Å². The van der Waals surface area contributed by atoms with Gasteiger partial charge in [-0.3, -0.25) is 4.79 Å². The van der Waals surface area contributed by atoms with Crippen molar-refractivity contribution >= 4 is 40.4 Å². The van der Waals surface area contributed by atoms with Crippen LogP contribution in [0, 0.1) is 5.82 Å². The summed E-state index contributed by atoms with van der Waals surface area (Å²) in [6.07, 6.45) is 0. The highest BCUT2D eigenvalue weighted by Gasteiger charge is 2.24. The zero-order valence-electron chi connectivity index (χ0n) is 10.8. The van der Waals surface area contributed by atoms with Crippen LogP contribution < -0.4 is 11.1 Å². The number of amides is 1. The SMILES string of the molecule is NC(=S)C(C(=O)Nc1ccc(F)cc1Cl)c1ccccc1. The number of nitrogens with two attached hydrogens (primary N) is 1. The zero-order chi connectivity index (χ0) is 15.4. The van der Waals surface area contributed by atoms with Crippen LogP contribution in [0.5, 0.6) is 0 Å². The van der Waals surface area contributed by atoms with E-state index in [1.807, 2.05) is 6.07 Å². The molecule has 2 rings (SSSR count). The second kappa shape index (κ2) is 6.65. The first kappa shape index (κ1) is 15.4. The topological polar surface area (TPSA) is 55.1 Å². The highest BCUT2D eigenvalue weighted by Crippen LogP contribution is 2.25. The average Bonchev–Trinajstić information content (AvgIpc) is 2.43. The number of benzene rings is 2. The Bertz CT molecular complexity index is 679. The number of hydrogen-bond donors (Lipinski definition) is 2. The molecule has 108 valence electrons. The smallest absolute Gasteiger partial charge is 0.238 e. The van der Waals surface area contributed by atoms with Gasteiger partial charge in [0.25, 0.3) is 0 Å². The molecule has 3 nitrogen and oxygen atoms in total. The van der Waals surface area contributed by atoms with Gasteiger partial charge in [-0.05, 0) is 23.8 Å². The molecule has 0 aromatic heterocycles. The number of carbonyl (C=O) groups excluding carboxylic acids is 1. The maximum Gasteiger partial charge on any atom is 0.238 e. The third-order valence-electron chi connectivity index (χ3n) is 2.87. The molecule has 0 aliphatic carbocycles. The molecule has 1 amide bonds. The van der Waals surface area contributed by atoms with Gasteiger partial charge in [-0.1, -0.05) is 54.2 Å². The van der Waals surface area contributed by atoms with E-state index in [0.29, 0.717) is 11.3 Å². The highest BCUT2D eigenvalue weighted by molar-refractivity contribution is 7.80. The molecule has 0 aliphatic heterocycles. The Morgan fingerprint density at radius 3 is 2.48 bits per heavy atom. The van der Waals surface area contributed by atoms with Gasteiger partial charge in [0.05, 0.1) is 15.7 Å². The van der Waals surface area contributed by atoms with Crippen LogP contribution in [-0.4, -0.2) is 10.9 Å². The first-order chi connectivity index (χ1) is 9.99. The Morgan fingerprint density at radius 2 is 1.90 bits per heavy atom. The van der Waals surface area contributed by atoms with Gasteiger partial charge in [-0.2, -0.15) is 0 Å². The molecule has 0 aliphatic rings. The molecule has 0 spiro atoms. The van der Waals surface area contributed by atoms with Gasteiger partial charge in [0.1, 0.15) is 11.7 Å². The van der Waals surface area contributed by atoms with Crippen LogP contribution in [0.4, 0.5) is 10.1 Å². The fraction of sp³-hybridized carbons (Fsp3) is 0.0667. The fourth-order valence-corrected chi connectivity index (χ4v) is 2.34. The molecule has 1 atom stereocenters. The molecule has 0 bridgehead atoms. The maximum absolute atomic E-state index is 13.0. The van der Waals surface area contributed by atoms with E-state index in [9.17, 15) is 9.18 Å². The lowest BCUT2D eigenvalue weighted by molar-refractivity contribution is -0.116. The number of anilines is 1. The number of thiocarbonyl (C=S) groups is 1. The van der Waals surface area contributed by atoms with Gasteiger partial charge >= 0.3 is 0 Å². The quantitative estimate of drug-likeness (QED) is 0.847. The standard InChI is InChI=1S/C15H12ClFN2OS/c16-11-8-10(17)6-7-12(11)19-15(20)13(14(18)21)9-4-2-1-3-5-9/h1-8,13H,(H2,18,21)(H,19,20). The summed E-state index contributed by atoms with van der Waals surface area (Å²) in [5.41, 5.74) is 6.65. The van der Waals surface area contributed by atoms with Crippen LogP contribution in [0.15, 0.2) is 48.5 Å². The predicted molar refractivity (Wildman–Crippen MR) is 86.0 cm³/mol. The van der Waals surface area contributed by atoms with Crippen LogP contribution >= 0.6 is 23.8 Å². The van der Waals surface area contributed by atoms with Gasteiger partial charge < -0.3 is 11.1 Å². The predicted octanol–water partition coefficient (Wildman–Crippen LogP) is 3.49. The fourth-order valence-electron chi connectivity index (χ4n) is 1.89. The zero-order valence-corrected chi connectivity index (χ0v) is 12.4. The highest BCUT2D eigenvalue weighted by atomic mass is 35.5. The molecule has 6 heteroatoms. The Labute approximate surface area is 131 Å². The Morgan fingerprint density at radius 1 is 1.24 bits per heavy atom. The van der Waals surface area contributed by atoms with Gasteiger partial charge in [0.15, 0.2) is 0 Å². The van der Waals surface area contributed by atoms with E-state index in [0.717, 1.165) is 6.07 Å². The van der Waals surface area contributed by atoms with E-state index < -0.39 is 17.6 Å². The summed E-state index contributed by atoms with van der Waals surface area (Å²) in [5, 5.41) is 2.72. The molecule has 0 radical (unpaired) electrons. The lowest BCUT2D eigenvalue weighted by Gasteiger charge is -2.16. The minimum absolute atomic E-state index is 0.0527. The molecule has 2 aromatic rings. The third kappa shape index (κ3) is 3.77. The Balaban J connectivity index is 2.26. The van der Waals surface area contributed by atoms with Crippen molar-refractivity contribution in [2.24, 2.45) is 5.73 Å². The third-order valence-corrected chi connectivity index (χ3v) is 3.42. The number of hydrogen-bond acceptors (Lipinski definition) is 2. The van der Waals surface area contributed by atoms with Crippen LogP contribution in [0.2, 0.25) is 5.02 Å². The minimum Gasteiger partial charge on any atom is -0.392 e. The van der Waals surface area contributed by atoms with E-state index in [2.05, 4.69) is 5.32 Å². The molecule has 1 unspecified atom stereocenters. The van der Waals surface area contributed by atoms with Crippen molar-refractivity contribution in [3.63, 3.8) is 0 Å². The van der Waals surface area contributed by atoms with E-state index >= 15 is 0 Å². The van der Waals surface area contributed by atoms with Crippen molar-refractivity contribution < 1.29 is 9.18 Å². The van der Waals surface area contributed by atoms with E-state index in [4.69, 9.17) is 29.6 Å². The van der Waals surface area contributed by atoms with Gasteiger partial charge in [-0.15, -0.1) is 0 Å². The first-order valence-electron chi connectivity index (χ1n) is 6.09. The molecule has 2 aromatic carbocycles. The van der Waals surface area contributed by atoms with Crippen molar-refractivity contribution in [3.05, 3.63) is 64.9 Å². The first-order valence-corrected chi connectivity index (χ1v) is 6.88. The monoisotopic (exact) mass is 322 g/mol. The van der Waals surface area contributed by atoms with Crippen molar-refractivity contribution in [2.75, 3.05) is 5.32 Å². The maximum atomic E-state index is 13.0. The molecule has 0 saturated carbocycles. The summed E-state index contributed by atoms with van der Waals surface area (Å²) in [4.78, 5) is 12.4. The van der Waals surface area contributed by atoms with Gasteiger partial charge in [-0.25, -0.2) is 4.39 Å². The summed E-state index contributed by atoms with van der Waals surface area (Å²) in [7, 11) is 0. The van der Waals surface area contributed by atoms with Crippen molar-refractivity contribution in [1.29, 1.82) is 0 Å². The van der Waals surface area contributed by atoms with Crippen LogP contribution in [-0.2, 0) is 4.79 Å². The van der Waals surface area contributed by atoms with Crippen LogP contribution in [0.1, 0.15) is 11.5 Å². The lowest BCUT2D eigenvalue weighted by atomic mass is 9.98. The molecule has 21 heavy (non-hydrogen) atoms. The normalized spacial score (nSPS) is 11.7. The summed E-state index contributed by atoms with van der Waals surface area (Å²) in [6.45, 7) is 0. The second-order valence-corrected chi connectivity index (χ2v) is 5.24. The van der Waals surface area contributed by atoms with Crippen molar-refractivity contribution in [2.45, 2.75) is 5.92 Å².